The van der Waals surface area contributed by atoms with Gasteiger partial charge in [0, 0.05) is 44.8 Å². The van der Waals surface area contributed by atoms with Crippen molar-refractivity contribution in [1.82, 2.24) is 25.5 Å². The minimum absolute atomic E-state index is 0. The molecule has 1 aromatic heterocycles. The molecule has 0 aromatic carbocycles. The maximum absolute atomic E-state index is 12.7. The van der Waals surface area contributed by atoms with Crippen LogP contribution in [0.2, 0.25) is 0 Å². The molecule has 12 heteroatoms. The van der Waals surface area contributed by atoms with Gasteiger partial charge in [0.2, 0.25) is 11.9 Å². The highest BCUT2D eigenvalue weighted by Gasteiger charge is 2.32. The predicted molar refractivity (Wildman–Crippen MR) is 115 cm³/mol. The molecule has 1 amide bonds. The third-order valence-electron chi connectivity index (χ3n) is 4.14. The van der Waals surface area contributed by atoms with E-state index in [1.165, 1.54) is 0 Å². The summed E-state index contributed by atoms with van der Waals surface area (Å²) in [5.74, 6) is 0.647. The Hall–Kier alpha value is -1.86. The summed E-state index contributed by atoms with van der Waals surface area (Å²) in [7, 11) is 0. The van der Waals surface area contributed by atoms with Crippen molar-refractivity contribution in [2.24, 2.45) is 4.99 Å². The van der Waals surface area contributed by atoms with E-state index in [1.54, 1.807) is 0 Å². The molecule has 1 fully saturated rings. The second-order valence-corrected chi connectivity index (χ2v) is 6.27. The first-order valence-corrected chi connectivity index (χ1v) is 9.30. The van der Waals surface area contributed by atoms with Crippen LogP contribution in [0.3, 0.4) is 0 Å². The van der Waals surface area contributed by atoms with Gasteiger partial charge in [-0.25, -0.2) is 9.97 Å². The number of aliphatic imine (C=N–C) groups is 1. The zero-order valence-corrected chi connectivity index (χ0v) is 18.8. The molecule has 1 aliphatic rings. The molecular weight excluding hydrogens is 502 g/mol. The SMILES string of the molecule is CCNC(=NCCNc1nccc(C(F)(F)F)n1)NC1CCN(C(=O)CC)C1.I. The topological polar surface area (TPSA) is 94.5 Å². The van der Waals surface area contributed by atoms with Gasteiger partial charge < -0.3 is 20.9 Å². The van der Waals surface area contributed by atoms with E-state index < -0.39 is 11.9 Å². The van der Waals surface area contributed by atoms with Crippen LogP contribution in [0.4, 0.5) is 19.1 Å². The fraction of sp³-hybridized carbons (Fsp3) is 0.647. The average Bonchev–Trinajstić information content (AvgIpc) is 3.13. The number of aromatic nitrogens is 2. The summed E-state index contributed by atoms with van der Waals surface area (Å²) in [6.07, 6.45) is -2.11. The number of nitrogens with one attached hydrogen (secondary N) is 3. The highest BCUT2D eigenvalue weighted by atomic mass is 127. The lowest BCUT2D eigenvalue weighted by atomic mass is 10.3. The van der Waals surface area contributed by atoms with E-state index in [9.17, 15) is 18.0 Å². The standard InChI is InChI=1S/C17H26F3N7O.HI/c1-3-14(28)27-10-6-12(11-27)25-15(21-4-2)23-8-9-24-16-22-7-5-13(26-16)17(18,19)20;/h5,7,12H,3-4,6,8-11H2,1-2H3,(H2,21,23,25)(H,22,24,26);1H. The molecule has 2 heterocycles. The Morgan fingerprint density at radius 2 is 2.14 bits per heavy atom. The van der Waals surface area contributed by atoms with Gasteiger partial charge in [0.1, 0.15) is 5.69 Å². The van der Waals surface area contributed by atoms with Crippen molar-refractivity contribution in [2.75, 3.05) is 38.0 Å². The number of halogens is 4. The number of hydrogen-bond donors (Lipinski definition) is 3. The van der Waals surface area contributed by atoms with Crippen LogP contribution in [0.25, 0.3) is 0 Å². The van der Waals surface area contributed by atoms with Crippen molar-refractivity contribution in [2.45, 2.75) is 38.9 Å². The fourth-order valence-electron chi connectivity index (χ4n) is 2.78. The lowest BCUT2D eigenvalue weighted by molar-refractivity contribution is -0.141. The summed E-state index contributed by atoms with van der Waals surface area (Å²) >= 11 is 0. The minimum Gasteiger partial charge on any atom is -0.357 e. The van der Waals surface area contributed by atoms with Crippen LogP contribution in [0.15, 0.2) is 17.3 Å². The summed E-state index contributed by atoms with van der Waals surface area (Å²) in [6, 6.07) is 0.943. The summed E-state index contributed by atoms with van der Waals surface area (Å²) in [4.78, 5) is 25.2. The van der Waals surface area contributed by atoms with Gasteiger partial charge in [0.15, 0.2) is 5.96 Å². The normalized spacial score (nSPS) is 16.9. The molecule has 0 saturated carbocycles. The molecule has 3 N–H and O–H groups in total. The first-order valence-electron chi connectivity index (χ1n) is 9.30. The zero-order chi connectivity index (χ0) is 20.6. The van der Waals surface area contributed by atoms with Crippen LogP contribution >= 0.6 is 24.0 Å². The van der Waals surface area contributed by atoms with E-state index in [4.69, 9.17) is 0 Å². The van der Waals surface area contributed by atoms with Gasteiger partial charge in [0.05, 0.1) is 6.54 Å². The van der Waals surface area contributed by atoms with Crippen molar-refractivity contribution in [3.8, 4) is 0 Å². The molecule has 8 nitrogen and oxygen atoms in total. The van der Waals surface area contributed by atoms with Gasteiger partial charge in [0.25, 0.3) is 0 Å². The van der Waals surface area contributed by atoms with Gasteiger partial charge in [-0.3, -0.25) is 9.79 Å². The van der Waals surface area contributed by atoms with E-state index in [-0.39, 0.29) is 48.4 Å². The molecule has 0 bridgehead atoms. The highest BCUT2D eigenvalue weighted by Crippen LogP contribution is 2.27. The number of anilines is 1. The second kappa shape index (κ2) is 12.0. The number of hydrogen-bond acceptors (Lipinski definition) is 5. The number of nitrogens with zero attached hydrogens (tertiary/aromatic N) is 4. The molecule has 1 unspecified atom stereocenters. The number of amides is 1. The monoisotopic (exact) mass is 529 g/mol. The van der Waals surface area contributed by atoms with Gasteiger partial charge in [-0.2, -0.15) is 13.2 Å². The summed E-state index contributed by atoms with van der Waals surface area (Å²) in [5.41, 5.74) is -0.990. The van der Waals surface area contributed by atoms with Gasteiger partial charge in [-0.05, 0) is 19.4 Å². The Balaban J connectivity index is 0.00000420. The van der Waals surface area contributed by atoms with Crippen molar-refractivity contribution in [3.05, 3.63) is 18.0 Å². The second-order valence-electron chi connectivity index (χ2n) is 6.27. The zero-order valence-electron chi connectivity index (χ0n) is 16.4. The number of likely N-dealkylation sites (tertiary alicyclic amines) is 1. The first-order chi connectivity index (χ1) is 13.3. The van der Waals surface area contributed by atoms with E-state index in [1.807, 2.05) is 18.7 Å². The Morgan fingerprint density at radius 3 is 2.79 bits per heavy atom. The summed E-state index contributed by atoms with van der Waals surface area (Å²) < 4.78 is 38.0. The van der Waals surface area contributed by atoms with Crippen LogP contribution in [0, 0.1) is 0 Å². The van der Waals surface area contributed by atoms with Gasteiger partial charge in [-0.15, -0.1) is 24.0 Å². The molecular formula is C17H27F3IN7O. The third kappa shape index (κ3) is 8.19. The quantitative estimate of drug-likeness (QED) is 0.217. The van der Waals surface area contributed by atoms with Crippen molar-refractivity contribution >= 4 is 41.8 Å². The number of rotatable bonds is 7. The third-order valence-corrected chi connectivity index (χ3v) is 4.14. The lowest BCUT2D eigenvalue weighted by Gasteiger charge is -2.18. The Bertz CT molecular complexity index is 687. The molecule has 1 aliphatic heterocycles. The van der Waals surface area contributed by atoms with E-state index >= 15 is 0 Å². The van der Waals surface area contributed by atoms with Crippen LogP contribution in [0.5, 0.6) is 0 Å². The van der Waals surface area contributed by atoms with Crippen LogP contribution in [-0.4, -0.2) is 65.5 Å². The van der Waals surface area contributed by atoms with Crippen LogP contribution in [0.1, 0.15) is 32.4 Å². The minimum atomic E-state index is -4.51. The van der Waals surface area contributed by atoms with Crippen molar-refractivity contribution in [1.29, 1.82) is 0 Å². The highest BCUT2D eigenvalue weighted by molar-refractivity contribution is 14.0. The summed E-state index contributed by atoms with van der Waals surface area (Å²) in [6.45, 7) is 6.40. The Morgan fingerprint density at radius 1 is 1.38 bits per heavy atom. The maximum Gasteiger partial charge on any atom is 0.433 e. The Labute approximate surface area is 185 Å². The fourth-order valence-corrected chi connectivity index (χ4v) is 2.78. The largest absolute Gasteiger partial charge is 0.433 e. The van der Waals surface area contributed by atoms with Gasteiger partial charge in [-0.1, -0.05) is 6.92 Å². The van der Waals surface area contributed by atoms with Gasteiger partial charge >= 0.3 is 6.18 Å². The molecule has 164 valence electrons. The molecule has 0 spiro atoms. The molecule has 1 saturated heterocycles. The predicted octanol–water partition coefficient (Wildman–Crippen LogP) is 2.09. The molecule has 29 heavy (non-hydrogen) atoms. The smallest absolute Gasteiger partial charge is 0.357 e. The van der Waals surface area contributed by atoms with Crippen molar-refractivity contribution < 1.29 is 18.0 Å². The number of carbonyl (C=O) groups is 1. The van der Waals surface area contributed by atoms with E-state index in [0.717, 1.165) is 25.2 Å². The van der Waals surface area contributed by atoms with Crippen LogP contribution in [-0.2, 0) is 11.0 Å². The number of carbonyl (C=O) groups excluding carboxylic acids is 1. The Kier molecular flexibility index (Phi) is 10.4. The molecule has 2 rings (SSSR count). The number of alkyl halides is 3. The first kappa shape index (κ1) is 25.2. The molecule has 0 aliphatic carbocycles. The lowest BCUT2D eigenvalue weighted by Crippen LogP contribution is -2.45. The molecule has 1 aromatic rings. The maximum atomic E-state index is 12.7. The number of guanidine groups is 1. The van der Waals surface area contributed by atoms with Crippen molar-refractivity contribution in [3.63, 3.8) is 0 Å². The summed E-state index contributed by atoms with van der Waals surface area (Å²) in [5, 5.41) is 9.15. The average molecular weight is 529 g/mol. The molecule has 0 radical (unpaired) electrons. The van der Waals surface area contributed by atoms with E-state index in [2.05, 4.69) is 30.9 Å². The van der Waals surface area contributed by atoms with Crippen LogP contribution < -0.4 is 16.0 Å². The molecule has 1 atom stereocenters. The van der Waals surface area contributed by atoms with E-state index in [0.29, 0.717) is 32.0 Å².